The predicted molar refractivity (Wildman–Crippen MR) is 79.8 cm³/mol. The molecular formula is C14H29N3O3. The molecule has 0 heterocycles. The first-order chi connectivity index (χ1) is 9.09. The first-order valence-corrected chi connectivity index (χ1v) is 7.02. The molecular weight excluding hydrogens is 258 g/mol. The van der Waals surface area contributed by atoms with Crippen LogP contribution in [0.3, 0.4) is 0 Å². The minimum Gasteiger partial charge on any atom is -0.480 e. The molecule has 0 saturated heterocycles. The summed E-state index contributed by atoms with van der Waals surface area (Å²) in [5.74, 6) is -1.00. The zero-order chi connectivity index (χ0) is 15.9. The molecule has 0 aromatic heterocycles. The van der Waals surface area contributed by atoms with Crippen LogP contribution >= 0.6 is 0 Å². The molecule has 2 amide bonds. The Morgan fingerprint density at radius 2 is 1.75 bits per heavy atom. The molecule has 20 heavy (non-hydrogen) atoms. The second-order valence-corrected chi connectivity index (χ2v) is 6.32. The summed E-state index contributed by atoms with van der Waals surface area (Å²) >= 11 is 0. The van der Waals surface area contributed by atoms with Gasteiger partial charge in [-0.15, -0.1) is 0 Å². The van der Waals surface area contributed by atoms with Crippen molar-refractivity contribution in [2.24, 2.45) is 5.41 Å². The molecule has 0 radical (unpaired) electrons. The Kier molecular flexibility index (Phi) is 7.57. The lowest BCUT2D eigenvalue weighted by Crippen LogP contribution is -2.53. The summed E-state index contributed by atoms with van der Waals surface area (Å²) in [6.45, 7) is 9.37. The van der Waals surface area contributed by atoms with Crippen LogP contribution in [0, 0.1) is 5.41 Å². The fraction of sp³-hybridized carbons (Fsp3) is 0.857. The Morgan fingerprint density at radius 3 is 2.10 bits per heavy atom. The van der Waals surface area contributed by atoms with Crippen molar-refractivity contribution in [1.29, 1.82) is 0 Å². The molecule has 0 aromatic rings. The summed E-state index contributed by atoms with van der Waals surface area (Å²) < 4.78 is 0. The molecule has 0 saturated carbocycles. The van der Waals surface area contributed by atoms with E-state index in [1.165, 1.54) is 0 Å². The van der Waals surface area contributed by atoms with Gasteiger partial charge in [-0.3, -0.25) is 0 Å². The number of rotatable bonds is 7. The van der Waals surface area contributed by atoms with Gasteiger partial charge in [-0.2, -0.15) is 0 Å². The zero-order valence-corrected chi connectivity index (χ0v) is 13.6. The van der Waals surface area contributed by atoms with Gasteiger partial charge in [-0.25, -0.2) is 9.59 Å². The average molecular weight is 287 g/mol. The van der Waals surface area contributed by atoms with Gasteiger partial charge in [0, 0.05) is 13.1 Å². The van der Waals surface area contributed by atoms with Gasteiger partial charge >= 0.3 is 12.0 Å². The summed E-state index contributed by atoms with van der Waals surface area (Å²) in [4.78, 5) is 27.1. The second-order valence-electron chi connectivity index (χ2n) is 6.32. The highest BCUT2D eigenvalue weighted by Gasteiger charge is 2.33. The minimum atomic E-state index is -1.00. The largest absolute Gasteiger partial charge is 0.480 e. The van der Waals surface area contributed by atoms with Gasteiger partial charge in [0.05, 0.1) is 0 Å². The van der Waals surface area contributed by atoms with Crippen LogP contribution in [0.1, 0.15) is 34.1 Å². The van der Waals surface area contributed by atoms with Crippen molar-refractivity contribution in [1.82, 2.24) is 15.1 Å². The topological polar surface area (TPSA) is 72.9 Å². The fourth-order valence-electron chi connectivity index (χ4n) is 1.84. The van der Waals surface area contributed by atoms with E-state index in [0.29, 0.717) is 13.1 Å². The van der Waals surface area contributed by atoms with E-state index in [-0.39, 0.29) is 6.03 Å². The fourth-order valence-corrected chi connectivity index (χ4v) is 1.84. The first-order valence-electron chi connectivity index (χ1n) is 7.02. The number of nitrogens with zero attached hydrogens (tertiary/aromatic N) is 2. The number of aliphatic carboxylic acids is 1. The molecule has 0 aliphatic heterocycles. The van der Waals surface area contributed by atoms with Crippen molar-refractivity contribution in [2.45, 2.75) is 40.2 Å². The van der Waals surface area contributed by atoms with Gasteiger partial charge in [0.25, 0.3) is 0 Å². The van der Waals surface area contributed by atoms with Crippen LogP contribution in [0.4, 0.5) is 4.79 Å². The average Bonchev–Trinajstić information content (AvgIpc) is 2.29. The Bertz CT molecular complexity index is 324. The molecule has 0 spiro atoms. The van der Waals surface area contributed by atoms with Gasteiger partial charge in [0.1, 0.15) is 6.04 Å². The lowest BCUT2D eigenvalue weighted by molar-refractivity contribution is -0.142. The van der Waals surface area contributed by atoms with Crippen LogP contribution in [-0.2, 0) is 4.79 Å². The molecule has 0 fully saturated rings. The van der Waals surface area contributed by atoms with Gasteiger partial charge in [0.2, 0.25) is 0 Å². The summed E-state index contributed by atoms with van der Waals surface area (Å²) in [7, 11) is 3.97. The van der Waals surface area contributed by atoms with E-state index < -0.39 is 17.4 Å². The van der Waals surface area contributed by atoms with E-state index in [0.717, 1.165) is 13.0 Å². The number of hydrogen-bond acceptors (Lipinski definition) is 3. The third-order valence-electron chi connectivity index (χ3n) is 3.08. The van der Waals surface area contributed by atoms with E-state index >= 15 is 0 Å². The van der Waals surface area contributed by atoms with E-state index in [4.69, 9.17) is 0 Å². The third-order valence-corrected chi connectivity index (χ3v) is 3.08. The lowest BCUT2D eigenvalue weighted by Gasteiger charge is -2.30. The predicted octanol–water partition coefficient (Wildman–Crippen LogP) is 1.47. The van der Waals surface area contributed by atoms with Gasteiger partial charge in [-0.1, -0.05) is 20.8 Å². The highest BCUT2D eigenvalue weighted by molar-refractivity contribution is 5.83. The molecule has 1 atom stereocenters. The molecule has 2 N–H and O–H groups in total. The third kappa shape index (κ3) is 6.75. The van der Waals surface area contributed by atoms with Crippen LogP contribution in [0.15, 0.2) is 0 Å². The molecule has 0 unspecified atom stereocenters. The van der Waals surface area contributed by atoms with Crippen molar-refractivity contribution in [2.75, 3.05) is 33.7 Å². The van der Waals surface area contributed by atoms with Crippen LogP contribution < -0.4 is 5.32 Å². The normalized spacial score (nSPS) is 13.2. The summed E-state index contributed by atoms with van der Waals surface area (Å²) in [6, 6.07) is -1.20. The van der Waals surface area contributed by atoms with Crippen LogP contribution in [0.5, 0.6) is 0 Å². The maximum absolute atomic E-state index is 12.1. The SMILES string of the molecule is CCN(CCCN(C)C)C(=O)N[C@@H](C(=O)O)C(C)(C)C. The maximum Gasteiger partial charge on any atom is 0.326 e. The molecule has 0 bridgehead atoms. The smallest absolute Gasteiger partial charge is 0.326 e. The number of urea groups is 1. The van der Waals surface area contributed by atoms with E-state index in [1.807, 2.05) is 21.0 Å². The molecule has 0 aliphatic rings. The second kappa shape index (κ2) is 8.09. The van der Waals surface area contributed by atoms with Crippen molar-refractivity contribution in [3.8, 4) is 0 Å². The van der Waals surface area contributed by atoms with Crippen molar-refractivity contribution in [3.05, 3.63) is 0 Å². The van der Waals surface area contributed by atoms with Gasteiger partial charge in [0.15, 0.2) is 0 Å². The molecule has 6 heteroatoms. The molecule has 0 rings (SSSR count). The summed E-state index contributed by atoms with van der Waals surface area (Å²) in [5.41, 5.74) is -0.523. The number of carboxylic acid groups (broad SMARTS) is 1. The Labute approximate surface area is 122 Å². The van der Waals surface area contributed by atoms with E-state index in [1.54, 1.807) is 25.7 Å². The number of carbonyl (C=O) groups excluding carboxylic acids is 1. The quantitative estimate of drug-likeness (QED) is 0.743. The number of hydrogen-bond donors (Lipinski definition) is 2. The first kappa shape index (κ1) is 18.7. The highest BCUT2D eigenvalue weighted by atomic mass is 16.4. The van der Waals surface area contributed by atoms with Crippen molar-refractivity contribution in [3.63, 3.8) is 0 Å². The maximum atomic E-state index is 12.1. The lowest BCUT2D eigenvalue weighted by atomic mass is 9.87. The summed E-state index contributed by atoms with van der Waals surface area (Å²) in [6.07, 6.45) is 0.863. The Hall–Kier alpha value is -1.30. The van der Waals surface area contributed by atoms with Crippen molar-refractivity contribution >= 4 is 12.0 Å². The molecule has 6 nitrogen and oxygen atoms in total. The minimum absolute atomic E-state index is 0.311. The van der Waals surface area contributed by atoms with Crippen LogP contribution in [-0.4, -0.2) is 66.7 Å². The summed E-state index contributed by atoms with van der Waals surface area (Å²) in [5, 5.41) is 11.8. The monoisotopic (exact) mass is 287 g/mol. The number of nitrogens with one attached hydrogen (secondary N) is 1. The Morgan fingerprint density at radius 1 is 1.20 bits per heavy atom. The standard InChI is InChI=1S/C14H29N3O3/c1-7-17(10-8-9-16(5)6)13(20)15-11(12(18)19)14(2,3)4/h11H,7-10H2,1-6H3,(H,15,20)(H,18,19)/t11-/m0/s1. The van der Waals surface area contributed by atoms with Gasteiger partial charge < -0.3 is 20.2 Å². The Balaban J connectivity index is 4.56. The molecule has 0 aliphatic carbocycles. The molecule has 0 aromatic carbocycles. The number of carboxylic acids is 1. The van der Waals surface area contributed by atoms with Crippen molar-refractivity contribution < 1.29 is 14.7 Å². The van der Waals surface area contributed by atoms with Crippen LogP contribution in [0.25, 0.3) is 0 Å². The zero-order valence-electron chi connectivity index (χ0n) is 13.6. The molecule has 118 valence electrons. The van der Waals surface area contributed by atoms with Crippen LogP contribution in [0.2, 0.25) is 0 Å². The number of amides is 2. The highest BCUT2D eigenvalue weighted by Crippen LogP contribution is 2.19. The van der Waals surface area contributed by atoms with Gasteiger partial charge in [-0.05, 0) is 39.4 Å². The van der Waals surface area contributed by atoms with E-state index in [2.05, 4.69) is 10.2 Å². The number of carbonyl (C=O) groups is 2. The van der Waals surface area contributed by atoms with E-state index in [9.17, 15) is 14.7 Å².